The first kappa shape index (κ1) is 22.0. The summed E-state index contributed by atoms with van der Waals surface area (Å²) in [5.41, 5.74) is 2.65. The number of H-pyrrole nitrogens is 1. The van der Waals surface area contributed by atoms with E-state index in [1.54, 1.807) is 32.2 Å². The van der Waals surface area contributed by atoms with Crippen molar-refractivity contribution in [3.05, 3.63) is 77.6 Å². The zero-order chi connectivity index (χ0) is 21.8. The molecule has 0 aliphatic rings. The van der Waals surface area contributed by atoms with Gasteiger partial charge < -0.3 is 10.3 Å². The number of rotatable bonds is 6. The highest BCUT2D eigenvalue weighted by Crippen LogP contribution is 2.27. The Morgan fingerprint density at radius 2 is 2.10 bits per heavy atom. The zero-order valence-electron chi connectivity index (χ0n) is 16.3. The van der Waals surface area contributed by atoms with E-state index in [1.807, 2.05) is 12.1 Å². The van der Waals surface area contributed by atoms with Gasteiger partial charge in [-0.3, -0.25) is 9.59 Å². The second kappa shape index (κ2) is 9.43. The van der Waals surface area contributed by atoms with Gasteiger partial charge in [-0.25, -0.2) is 4.98 Å². The van der Waals surface area contributed by atoms with Crippen LogP contribution in [0.3, 0.4) is 0 Å². The number of nitrogens with zero attached hydrogens (tertiary/aromatic N) is 2. The first-order chi connectivity index (χ1) is 14.3. The van der Waals surface area contributed by atoms with E-state index in [9.17, 15) is 9.59 Å². The summed E-state index contributed by atoms with van der Waals surface area (Å²) >= 11 is 13.6. The number of halogens is 2. The Morgan fingerprint density at radius 3 is 2.83 bits per heavy atom. The van der Waals surface area contributed by atoms with Crippen molar-refractivity contribution in [3.63, 3.8) is 0 Å². The Labute approximate surface area is 187 Å². The van der Waals surface area contributed by atoms with Crippen LogP contribution in [0.4, 0.5) is 5.13 Å². The molecular weight excluding hydrogens is 443 g/mol. The van der Waals surface area contributed by atoms with Crippen molar-refractivity contribution in [3.8, 4) is 6.07 Å². The predicted molar refractivity (Wildman–Crippen MR) is 120 cm³/mol. The maximum absolute atomic E-state index is 12.4. The van der Waals surface area contributed by atoms with Crippen LogP contribution in [0.1, 0.15) is 39.2 Å². The van der Waals surface area contributed by atoms with Gasteiger partial charge in [0.25, 0.3) is 5.56 Å². The molecule has 2 heterocycles. The normalized spacial score (nSPS) is 10.6. The Hall–Kier alpha value is -2.66. The van der Waals surface area contributed by atoms with Gasteiger partial charge >= 0.3 is 0 Å². The molecule has 0 aliphatic heterocycles. The molecule has 6 nitrogen and oxygen atoms in total. The Balaban J connectivity index is 1.64. The van der Waals surface area contributed by atoms with Gasteiger partial charge in [-0.05, 0) is 55.2 Å². The van der Waals surface area contributed by atoms with E-state index in [-0.39, 0.29) is 17.9 Å². The van der Waals surface area contributed by atoms with Crippen molar-refractivity contribution < 1.29 is 4.79 Å². The predicted octanol–water partition coefficient (Wildman–Crippen LogP) is 4.79. The summed E-state index contributed by atoms with van der Waals surface area (Å²) in [5, 5.41) is 13.7. The van der Waals surface area contributed by atoms with Crippen molar-refractivity contribution in [2.75, 3.05) is 5.32 Å². The van der Waals surface area contributed by atoms with E-state index in [1.165, 1.54) is 11.3 Å². The molecular formula is C21H18Cl2N4O2S. The van der Waals surface area contributed by atoms with Crippen molar-refractivity contribution >= 4 is 45.6 Å². The first-order valence-electron chi connectivity index (χ1n) is 9.09. The number of aromatic amines is 1. The van der Waals surface area contributed by atoms with Crippen molar-refractivity contribution in [1.82, 2.24) is 9.97 Å². The zero-order valence-corrected chi connectivity index (χ0v) is 18.6. The fraction of sp³-hybridized carbons (Fsp3) is 0.238. The molecule has 0 atom stereocenters. The number of carbonyl (C=O) groups excluding carboxylic acids is 1. The number of nitriles is 1. The van der Waals surface area contributed by atoms with Crippen LogP contribution in [0.5, 0.6) is 0 Å². The number of benzene rings is 1. The number of aromatic nitrogens is 2. The molecule has 0 saturated carbocycles. The second-order valence-electron chi connectivity index (χ2n) is 6.76. The number of aryl methyl sites for hydroxylation is 1. The summed E-state index contributed by atoms with van der Waals surface area (Å²) in [7, 11) is 0. The summed E-state index contributed by atoms with van der Waals surface area (Å²) in [6.07, 6.45) is 2.88. The van der Waals surface area contributed by atoms with E-state index in [2.05, 4.69) is 15.3 Å². The lowest BCUT2D eigenvalue weighted by Crippen LogP contribution is -2.18. The van der Waals surface area contributed by atoms with Crippen LogP contribution in [0.25, 0.3) is 0 Å². The highest BCUT2D eigenvalue weighted by molar-refractivity contribution is 7.15. The number of carbonyl (C=O) groups is 1. The third kappa shape index (κ3) is 5.08. The molecule has 154 valence electrons. The van der Waals surface area contributed by atoms with Gasteiger partial charge in [0.1, 0.15) is 11.6 Å². The summed E-state index contributed by atoms with van der Waals surface area (Å²) in [5.74, 6) is -0.194. The van der Waals surface area contributed by atoms with Crippen molar-refractivity contribution in [2.24, 2.45) is 0 Å². The Kier molecular flexibility index (Phi) is 6.93. The number of amides is 1. The molecule has 3 rings (SSSR count). The quantitative estimate of drug-likeness (QED) is 0.552. The summed E-state index contributed by atoms with van der Waals surface area (Å²) in [4.78, 5) is 32.1. The van der Waals surface area contributed by atoms with E-state index < -0.39 is 5.56 Å². The monoisotopic (exact) mass is 460 g/mol. The average molecular weight is 461 g/mol. The second-order valence-corrected chi connectivity index (χ2v) is 8.72. The van der Waals surface area contributed by atoms with E-state index >= 15 is 0 Å². The van der Waals surface area contributed by atoms with Crippen molar-refractivity contribution in [2.45, 2.75) is 33.1 Å². The molecule has 2 N–H and O–H groups in total. The number of hydrogen-bond acceptors (Lipinski definition) is 5. The largest absolute Gasteiger partial charge is 0.325 e. The molecule has 0 spiro atoms. The SMILES string of the molecule is Cc1[nH]c(=O)c(C#N)c(C)c1CCC(=O)Nc1ncc(Cc2cc(Cl)ccc2Cl)s1. The van der Waals surface area contributed by atoms with Gasteiger partial charge in [-0.2, -0.15) is 5.26 Å². The minimum Gasteiger partial charge on any atom is -0.325 e. The van der Waals surface area contributed by atoms with Crippen molar-refractivity contribution in [1.29, 1.82) is 5.26 Å². The fourth-order valence-corrected chi connectivity index (χ4v) is 4.38. The van der Waals surface area contributed by atoms with Gasteiger partial charge in [-0.15, -0.1) is 11.3 Å². The molecule has 0 aliphatic carbocycles. The first-order valence-corrected chi connectivity index (χ1v) is 10.7. The number of pyridine rings is 1. The van der Waals surface area contributed by atoms with Crippen LogP contribution in [0.2, 0.25) is 10.0 Å². The van der Waals surface area contributed by atoms with Crippen LogP contribution in [0.15, 0.2) is 29.2 Å². The molecule has 3 aromatic rings. The third-order valence-corrected chi connectivity index (χ3v) is 6.21. The summed E-state index contributed by atoms with van der Waals surface area (Å²) < 4.78 is 0. The summed E-state index contributed by atoms with van der Waals surface area (Å²) in [6, 6.07) is 7.21. The lowest BCUT2D eigenvalue weighted by molar-refractivity contribution is -0.116. The topological polar surface area (TPSA) is 98.6 Å². The number of nitrogens with one attached hydrogen (secondary N) is 2. The number of anilines is 1. The smallest absolute Gasteiger partial charge is 0.266 e. The molecule has 2 aromatic heterocycles. The van der Waals surface area contributed by atoms with E-state index in [4.69, 9.17) is 28.5 Å². The third-order valence-electron chi connectivity index (χ3n) is 4.69. The van der Waals surface area contributed by atoms with Crippen LogP contribution in [0, 0.1) is 25.2 Å². The minimum absolute atomic E-state index is 0.0836. The van der Waals surface area contributed by atoms with Gasteiger partial charge in [0.05, 0.1) is 0 Å². The molecule has 0 fully saturated rings. The highest BCUT2D eigenvalue weighted by atomic mass is 35.5. The number of hydrogen-bond donors (Lipinski definition) is 2. The molecule has 30 heavy (non-hydrogen) atoms. The van der Waals surface area contributed by atoms with Crippen LogP contribution in [-0.4, -0.2) is 15.9 Å². The van der Waals surface area contributed by atoms with Crippen LogP contribution >= 0.6 is 34.5 Å². The lowest BCUT2D eigenvalue weighted by atomic mass is 9.99. The molecule has 0 unspecified atom stereocenters. The summed E-state index contributed by atoms with van der Waals surface area (Å²) in [6.45, 7) is 3.49. The molecule has 9 heteroatoms. The van der Waals surface area contributed by atoms with Crippen LogP contribution < -0.4 is 10.9 Å². The van der Waals surface area contributed by atoms with E-state index in [0.717, 1.165) is 16.0 Å². The lowest BCUT2D eigenvalue weighted by Gasteiger charge is -2.10. The standard InChI is InChI=1S/C21H18Cl2N4O2S/c1-11-16(12(2)26-20(29)17(11)9-24)4-6-19(28)27-21-25-10-15(30-21)8-13-7-14(22)3-5-18(13)23/h3,5,7,10H,4,6,8H2,1-2H3,(H,26,29)(H,25,27,28). The van der Waals surface area contributed by atoms with Gasteiger partial charge in [0, 0.05) is 39.7 Å². The Morgan fingerprint density at radius 1 is 1.33 bits per heavy atom. The van der Waals surface area contributed by atoms with Gasteiger partial charge in [0.15, 0.2) is 5.13 Å². The van der Waals surface area contributed by atoms with Gasteiger partial charge in [-0.1, -0.05) is 23.2 Å². The highest BCUT2D eigenvalue weighted by Gasteiger charge is 2.14. The van der Waals surface area contributed by atoms with Crippen LogP contribution in [-0.2, 0) is 17.6 Å². The molecule has 0 bridgehead atoms. The van der Waals surface area contributed by atoms with Gasteiger partial charge in [0.2, 0.25) is 5.91 Å². The van der Waals surface area contributed by atoms with E-state index in [0.29, 0.717) is 39.3 Å². The fourth-order valence-electron chi connectivity index (χ4n) is 3.15. The molecule has 1 aromatic carbocycles. The molecule has 1 amide bonds. The average Bonchev–Trinajstić information content (AvgIpc) is 3.11. The molecule has 0 radical (unpaired) electrons. The maximum Gasteiger partial charge on any atom is 0.266 e. The maximum atomic E-state index is 12.4. The minimum atomic E-state index is -0.407. The molecule has 0 saturated heterocycles. The Bertz CT molecular complexity index is 1210. The number of thiazole rings is 1.